The van der Waals surface area contributed by atoms with Crippen molar-refractivity contribution in [2.75, 3.05) is 0 Å². The zero-order chi connectivity index (χ0) is 16.8. The highest BCUT2D eigenvalue weighted by molar-refractivity contribution is 7.99. The summed E-state index contributed by atoms with van der Waals surface area (Å²) in [7, 11) is 0. The van der Waals surface area contributed by atoms with E-state index < -0.39 is 0 Å². The number of rotatable bonds is 5. The van der Waals surface area contributed by atoms with Gasteiger partial charge in [-0.3, -0.25) is 9.78 Å². The van der Waals surface area contributed by atoms with Crippen LogP contribution in [0, 0.1) is 5.82 Å². The minimum atomic E-state index is -0.366. The second kappa shape index (κ2) is 7.65. The Labute approximate surface area is 142 Å². The average molecular weight is 340 g/mol. The number of carbonyl (C=O) groups is 1. The molecule has 0 fully saturated rings. The van der Waals surface area contributed by atoms with Crippen LogP contribution in [0.4, 0.5) is 4.39 Å². The lowest BCUT2D eigenvalue weighted by Crippen LogP contribution is -2.24. The van der Waals surface area contributed by atoms with Crippen molar-refractivity contribution in [2.24, 2.45) is 0 Å². The van der Waals surface area contributed by atoms with Gasteiger partial charge in [0.05, 0.1) is 0 Å². The number of amides is 1. The maximum atomic E-state index is 13.6. The summed E-state index contributed by atoms with van der Waals surface area (Å²) in [6, 6.07) is 11.5. The Morgan fingerprint density at radius 2 is 1.83 bits per heavy atom. The maximum absolute atomic E-state index is 13.6. The zero-order valence-corrected chi connectivity index (χ0v) is 13.3. The van der Waals surface area contributed by atoms with E-state index in [1.54, 1.807) is 55.0 Å². The van der Waals surface area contributed by atoms with Crippen LogP contribution in [0.5, 0.6) is 0 Å². The molecular formula is C17H13FN4OS. The molecule has 1 aromatic carbocycles. The molecule has 0 saturated carbocycles. The summed E-state index contributed by atoms with van der Waals surface area (Å²) in [5, 5.41) is 3.25. The number of nitrogens with one attached hydrogen (secondary N) is 1. The number of hydrogen-bond acceptors (Lipinski definition) is 5. The monoisotopic (exact) mass is 340 g/mol. The molecule has 0 aliphatic rings. The van der Waals surface area contributed by atoms with E-state index in [1.165, 1.54) is 17.8 Å². The molecule has 7 heteroatoms. The molecule has 5 nitrogen and oxygen atoms in total. The van der Waals surface area contributed by atoms with Gasteiger partial charge in [-0.05, 0) is 36.0 Å². The van der Waals surface area contributed by atoms with Gasteiger partial charge >= 0.3 is 0 Å². The molecule has 1 amide bonds. The summed E-state index contributed by atoms with van der Waals surface area (Å²) in [6.45, 7) is 0.104. The normalized spacial score (nSPS) is 10.4. The van der Waals surface area contributed by atoms with Gasteiger partial charge in [-0.2, -0.15) is 0 Å². The third kappa shape index (κ3) is 4.14. The fourth-order valence-corrected chi connectivity index (χ4v) is 2.69. The smallest absolute Gasteiger partial charge is 0.270 e. The van der Waals surface area contributed by atoms with E-state index in [0.29, 0.717) is 10.7 Å². The molecule has 3 rings (SSSR count). The molecule has 0 aliphatic carbocycles. The van der Waals surface area contributed by atoms with Gasteiger partial charge in [-0.15, -0.1) is 0 Å². The van der Waals surface area contributed by atoms with Crippen LogP contribution in [-0.4, -0.2) is 20.9 Å². The molecule has 0 spiro atoms. The Hall–Kier alpha value is -2.80. The molecule has 0 unspecified atom stereocenters. The molecule has 24 heavy (non-hydrogen) atoms. The summed E-state index contributed by atoms with van der Waals surface area (Å²) < 4.78 is 13.6. The van der Waals surface area contributed by atoms with E-state index in [0.717, 1.165) is 4.90 Å². The Morgan fingerprint density at radius 3 is 2.62 bits per heavy atom. The third-order valence-electron chi connectivity index (χ3n) is 3.11. The standard InChI is InChI=1S/C17H13FN4OS/c18-14-5-2-1-4-12(14)11-22-16(23)15-10-13(6-9-19-15)24-17-20-7-3-8-21-17/h1-10H,11H2,(H,22,23). The van der Waals surface area contributed by atoms with E-state index in [4.69, 9.17) is 0 Å². The van der Waals surface area contributed by atoms with Crippen LogP contribution in [0.3, 0.4) is 0 Å². The van der Waals surface area contributed by atoms with Gasteiger partial charge in [0.2, 0.25) is 0 Å². The first-order valence-electron chi connectivity index (χ1n) is 7.15. The van der Waals surface area contributed by atoms with E-state index in [2.05, 4.69) is 20.3 Å². The van der Waals surface area contributed by atoms with Crippen molar-refractivity contribution in [3.05, 3.63) is 78.1 Å². The predicted molar refractivity (Wildman–Crippen MR) is 88.0 cm³/mol. The molecule has 0 aliphatic heterocycles. The Balaban J connectivity index is 1.67. The van der Waals surface area contributed by atoms with Gasteiger partial charge in [-0.25, -0.2) is 14.4 Å². The Bertz CT molecular complexity index is 845. The average Bonchev–Trinajstić information content (AvgIpc) is 2.62. The van der Waals surface area contributed by atoms with Crippen LogP contribution in [0.2, 0.25) is 0 Å². The molecule has 0 radical (unpaired) electrons. The maximum Gasteiger partial charge on any atom is 0.270 e. The summed E-state index contributed by atoms with van der Waals surface area (Å²) >= 11 is 1.33. The number of pyridine rings is 1. The van der Waals surface area contributed by atoms with E-state index >= 15 is 0 Å². The van der Waals surface area contributed by atoms with Crippen molar-refractivity contribution in [1.29, 1.82) is 0 Å². The van der Waals surface area contributed by atoms with Gasteiger partial charge in [0.15, 0.2) is 5.16 Å². The van der Waals surface area contributed by atoms with Gasteiger partial charge in [0, 0.05) is 35.6 Å². The minimum Gasteiger partial charge on any atom is -0.347 e. The Kier molecular flexibility index (Phi) is 5.12. The topological polar surface area (TPSA) is 67.8 Å². The molecule has 120 valence electrons. The second-order valence-electron chi connectivity index (χ2n) is 4.78. The van der Waals surface area contributed by atoms with Gasteiger partial charge < -0.3 is 5.32 Å². The fraction of sp³-hybridized carbons (Fsp3) is 0.0588. The molecule has 0 saturated heterocycles. The van der Waals surface area contributed by atoms with Gasteiger partial charge in [-0.1, -0.05) is 18.2 Å². The van der Waals surface area contributed by atoms with Gasteiger partial charge in [0.1, 0.15) is 11.5 Å². The van der Waals surface area contributed by atoms with E-state index in [9.17, 15) is 9.18 Å². The first kappa shape index (κ1) is 16.1. The number of nitrogens with zero attached hydrogens (tertiary/aromatic N) is 3. The molecular weight excluding hydrogens is 327 g/mol. The van der Waals surface area contributed by atoms with Crippen molar-refractivity contribution in [1.82, 2.24) is 20.3 Å². The van der Waals surface area contributed by atoms with Crippen molar-refractivity contribution < 1.29 is 9.18 Å². The first-order chi connectivity index (χ1) is 11.7. The van der Waals surface area contributed by atoms with Crippen LogP contribution in [-0.2, 0) is 6.54 Å². The molecule has 2 aromatic heterocycles. The quantitative estimate of drug-likeness (QED) is 0.723. The summed E-state index contributed by atoms with van der Waals surface area (Å²) in [5.41, 5.74) is 0.682. The predicted octanol–water partition coefficient (Wildman–Crippen LogP) is 3.09. The number of halogens is 1. The minimum absolute atomic E-state index is 0.104. The van der Waals surface area contributed by atoms with E-state index in [1.807, 2.05) is 0 Å². The van der Waals surface area contributed by atoms with Crippen molar-refractivity contribution in [3.63, 3.8) is 0 Å². The first-order valence-corrected chi connectivity index (χ1v) is 7.96. The summed E-state index contributed by atoms with van der Waals surface area (Å²) in [4.78, 5) is 25.3. The van der Waals surface area contributed by atoms with Crippen LogP contribution >= 0.6 is 11.8 Å². The van der Waals surface area contributed by atoms with Crippen LogP contribution in [0.25, 0.3) is 0 Å². The lowest BCUT2D eigenvalue weighted by Gasteiger charge is -2.07. The fourth-order valence-electron chi connectivity index (χ4n) is 1.95. The number of benzene rings is 1. The highest BCUT2D eigenvalue weighted by Gasteiger charge is 2.10. The van der Waals surface area contributed by atoms with Crippen LogP contribution in [0.1, 0.15) is 16.1 Å². The lowest BCUT2D eigenvalue weighted by atomic mass is 10.2. The third-order valence-corrected chi connectivity index (χ3v) is 4.00. The Morgan fingerprint density at radius 1 is 1.04 bits per heavy atom. The molecule has 1 N–H and O–H groups in total. The van der Waals surface area contributed by atoms with Crippen molar-refractivity contribution >= 4 is 17.7 Å². The van der Waals surface area contributed by atoms with Crippen molar-refractivity contribution in [3.8, 4) is 0 Å². The summed E-state index contributed by atoms with van der Waals surface area (Å²) in [6.07, 6.45) is 4.85. The van der Waals surface area contributed by atoms with Crippen LogP contribution in [0.15, 0.2) is 71.1 Å². The number of aromatic nitrogens is 3. The highest BCUT2D eigenvalue weighted by atomic mass is 32.2. The SMILES string of the molecule is O=C(NCc1ccccc1F)c1cc(Sc2ncccn2)ccn1. The molecule has 0 bridgehead atoms. The van der Waals surface area contributed by atoms with Crippen molar-refractivity contribution in [2.45, 2.75) is 16.6 Å². The largest absolute Gasteiger partial charge is 0.347 e. The van der Waals surface area contributed by atoms with Gasteiger partial charge in [0.25, 0.3) is 5.91 Å². The zero-order valence-electron chi connectivity index (χ0n) is 12.5. The summed E-state index contributed by atoms with van der Waals surface area (Å²) in [5.74, 6) is -0.717. The number of hydrogen-bond donors (Lipinski definition) is 1. The molecule has 0 atom stereocenters. The van der Waals surface area contributed by atoms with Crippen LogP contribution < -0.4 is 5.32 Å². The molecule has 2 heterocycles. The number of carbonyl (C=O) groups excluding carboxylic acids is 1. The second-order valence-corrected chi connectivity index (χ2v) is 5.82. The lowest BCUT2D eigenvalue weighted by molar-refractivity contribution is 0.0945. The molecule has 3 aromatic rings. The highest BCUT2D eigenvalue weighted by Crippen LogP contribution is 2.23. The van der Waals surface area contributed by atoms with E-state index in [-0.39, 0.29) is 24.0 Å².